The second kappa shape index (κ2) is 25.8. The SMILES string of the molecule is CCCCCCCCCCCCCCCCCCOCCCCCN1C=CSC1.I. The average molecular weight is 554 g/mol. The number of ether oxygens (including phenoxy) is 1. The Bertz CT molecular complexity index is 354. The zero-order valence-electron chi connectivity index (χ0n) is 20.1. The Labute approximate surface area is 210 Å². The number of nitrogens with zero attached hydrogens (tertiary/aromatic N) is 1. The highest BCUT2D eigenvalue weighted by Crippen LogP contribution is 2.16. The molecule has 1 heterocycles. The van der Waals surface area contributed by atoms with E-state index in [9.17, 15) is 0 Å². The standard InChI is InChI=1S/C26H51NOS.HI/c1-2-3-4-5-6-7-8-9-10-11-12-13-14-15-16-19-23-28-24-20-17-18-21-27-22-25-29-26-27;/h22,25H,2-21,23-24,26H2,1H3;1H. The van der Waals surface area contributed by atoms with Crippen molar-refractivity contribution in [1.82, 2.24) is 4.90 Å². The van der Waals surface area contributed by atoms with Crippen LogP contribution in [0.25, 0.3) is 0 Å². The molecule has 0 atom stereocenters. The molecule has 1 aliphatic rings. The molecule has 2 nitrogen and oxygen atoms in total. The molecule has 0 aliphatic carbocycles. The van der Waals surface area contributed by atoms with Crippen LogP contribution in [-0.2, 0) is 4.74 Å². The molecule has 0 radical (unpaired) electrons. The predicted octanol–water partition coefficient (Wildman–Crippen LogP) is 9.53. The van der Waals surface area contributed by atoms with Crippen LogP contribution in [0.1, 0.15) is 129 Å². The quantitative estimate of drug-likeness (QED) is 0.0924. The maximum atomic E-state index is 5.79. The first-order valence-corrected chi connectivity index (χ1v) is 14.1. The van der Waals surface area contributed by atoms with Gasteiger partial charge < -0.3 is 9.64 Å². The monoisotopic (exact) mass is 553 g/mol. The minimum Gasteiger partial charge on any atom is -0.381 e. The van der Waals surface area contributed by atoms with E-state index in [-0.39, 0.29) is 24.0 Å². The highest BCUT2D eigenvalue weighted by molar-refractivity contribution is 14.0. The Morgan fingerprint density at radius 1 is 0.633 bits per heavy atom. The normalized spacial score (nSPS) is 13.2. The fourth-order valence-electron chi connectivity index (χ4n) is 4.00. The summed E-state index contributed by atoms with van der Waals surface area (Å²) in [6.07, 6.45) is 29.0. The summed E-state index contributed by atoms with van der Waals surface area (Å²) < 4.78 is 5.79. The van der Waals surface area contributed by atoms with E-state index < -0.39 is 0 Å². The summed E-state index contributed by atoms with van der Waals surface area (Å²) in [6, 6.07) is 0. The fraction of sp³-hybridized carbons (Fsp3) is 0.923. The van der Waals surface area contributed by atoms with Crippen LogP contribution in [0.15, 0.2) is 11.6 Å². The fourth-order valence-corrected chi connectivity index (χ4v) is 4.75. The van der Waals surface area contributed by atoms with Gasteiger partial charge >= 0.3 is 0 Å². The number of rotatable bonds is 23. The van der Waals surface area contributed by atoms with Crippen LogP contribution >= 0.6 is 35.7 Å². The van der Waals surface area contributed by atoms with Crippen molar-refractivity contribution in [3.05, 3.63) is 11.6 Å². The Morgan fingerprint density at radius 3 is 1.50 bits per heavy atom. The average Bonchev–Trinajstić information content (AvgIpc) is 3.25. The summed E-state index contributed by atoms with van der Waals surface area (Å²) in [5.74, 6) is 1.15. The highest BCUT2D eigenvalue weighted by Gasteiger charge is 2.03. The number of unbranched alkanes of at least 4 members (excludes halogenated alkanes) is 17. The van der Waals surface area contributed by atoms with Crippen LogP contribution in [0.3, 0.4) is 0 Å². The lowest BCUT2D eigenvalue weighted by Crippen LogP contribution is -2.14. The van der Waals surface area contributed by atoms with Crippen LogP contribution in [-0.4, -0.2) is 30.5 Å². The Hall–Kier alpha value is 0.580. The molecule has 30 heavy (non-hydrogen) atoms. The van der Waals surface area contributed by atoms with Crippen molar-refractivity contribution in [2.75, 3.05) is 25.6 Å². The van der Waals surface area contributed by atoms with Gasteiger partial charge in [-0.2, -0.15) is 0 Å². The molecule has 0 aromatic rings. The van der Waals surface area contributed by atoms with Crippen LogP contribution in [0, 0.1) is 0 Å². The topological polar surface area (TPSA) is 12.5 Å². The van der Waals surface area contributed by atoms with E-state index in [1.54, 1.807) is 0 Å². The summed E-state index contributed by atoms with van der Waals surface area (Å²) in [7, 11) is 0. The second-order valence-corrected chi connectivity index (χ2v) is 9.73. The molecule has 1 aliphatic heterocycles. The predicted molar refractivity (Wildman–Crippen MR) is 148 cm³/mol. The van der Waals surface area contributed by atoms with Gasteiger partial charge in [-0.3, -0.25) is 0 Å². The third kappa shape index (κ3) is 21.8. The molecule has 1 rings (SSSR count). The molecular formula is C26H52INOS. The van der Waals surface area contributed by atoms with Gasteiger partial charge in [-0.1, -0.05) is 103 Å². The van der Waals surface area contributed by atoms with Gasteiger partial charge in [0, 0.05) is 26.0 Å². The van der Waals surface area contributed by atoms with Crippen molar-refractivity contribution in [3.8, 4) is 0 Å². The third-order valence-electron chi connectivity index (χ3n) is 5.98. The van der Waals surface area contributed by atoms with Crippen LogP contribution in [0.2, 0.25) is 0 Å². The zero-order chi connectivity index (χ0) is 20.7. The van der Waals surface area contributed by atoms with Gasteiger partial charge in [-0.25, -0.2) is 0 Å². The summed E-state index contributed by atoms with van der Waals surface area (Å²) in [6.45, 7) is 5.45. The smallest absolute Gasteiger partial charge is 0.0675 e. The maximum absolute atomic E-state index is 5.79. The molecule has 0 spiro atoms. The molecule has 0 aromatic carbocycles. The lowest BCUT2D eigenvalue weighted by molar-refractivity contribution is 0.125. The third-order valence-corrected chi connectivity index (χ3v) is 6.78. The van der Waals surface area contributed by atoms with E-state index in [1.165, 1.54) is 129 Å². The molecule has 0 fully saturated rings. The van der Waals surface area contributed by atoms with Gasteiger partial charge in [0.05, 0.1) is 5.88 Å². The van der Waals surface area contributed by atoms with E-state index >= 15 is 0 Å². The van der Waals surface area contributed by atoms with E-state index in [0.717, 1.165) is 19.1 Å². The van der Waals surface area contributed by atoms with Crippen molar-refractivity contribution in [2.45, 2.75) is 129 Å². The van der Waals surface area contributed by atoms with Gasteiger partial charge in [0.15, 0.2) is 0 Å². The Kier molecular flexibility index (Phi) is 26.3. The highest BCUT2D eigenvalue weighted by atomic mass is 127. The number of hydrogen-bond acceptors (Lipinski definition) is 3. The first kappa shape index (κ1) is 30.6. The van der Waals surface area contributed by atoms with Crippen molar-refractivity contribution in [2.24, 2.45) is 0 Å². The molecule has 0 bridgehead atoms. The minimum atomic E-state index is 0. The van der Waals surface area contributed by atoms with E-state index in [0.29, 0.717) is 0 Å². The lowest BCUT2D eigenvalue weighted by atomic mass is 10.0. The minimum absolute atomic E-state index is 0. The van der Waals surface area contributed by atoms with Crippen molar-refractivity contribution >= 4 is 35.7 Å². The number of hydrogen-bond donors (Lipinski definition) is 0. The molecule has 0 saturated heterocycles. The Morgan fingerprint density at radius 2 is 1.07 bits per heavy atom. The van der Waals surface area contributed by atoms with E-state index in [4.69, 9.17) is 4.74 Å². The molecule has 0 amide bonds. The second-order valence-electron chi connectivity index (χ2n) is 8.87. The van der Waals surface area contributed by atoms with Crippen molar-refractivity contribution in [3.63, 3.8) is 0 Å². The summed E-state index contributed by atoms with van der Waals surface area (Å²) >= 11 is 1.90. The number of halogens is 1. The summed E-state index contributed by atoms with van der Waals surface area (Å²) in [5, 5.41) is 2.20. The van der Waals surface area contributed by atoms with Crippen LogP contribution in [0.4, 0.5) is 0 Å². The molecule has 180 valence electrons. The van der Waals surface area contributed by atoms with Gasteiger partial charge in [0.25, 0.3) is 0 Å². The maximum Gasteiger partial charge on any atom is 0.0675 e. The summed E-state index contributed by atoms with van der Waals surface area (Å²) in [4.78, 5) is 2.40. The molecular weight excluding hydrogens is 501 g/mol. The van der Waals surface area contributed by atoms with Crippen molar-refractivity contribution < 1.29 is 4.74 Å². The van der Waals surface area contributed by atoms with Gasteiger partial charge in [-0.05, 0) is 31.1 Å². The van der Waals surface area contributed by atoms with Gasteiger partial charge in [0.1, 0.15) is 0 Å². The Balaban J connectivity index is 0.00000841. The van der Waals surface area contributed by atoms with Crippen molar-refractivity contribution in [1.29, 1.82) is 0 Å². The first-order valence-electron chi connectivity index (χ1n) is 13.0. The molecule has 0 unspecified atom stereocenters. The molecule has 0 saturated carbocycles. The summed E-state index contributed by atoms with van der Waals surface area (Å²) in [5.41, 5.74) is 0. The van der Waals surface area contributed by atoms with Crippen LogP contribution in [0.5, 0.6) is 0 Å². The molecule has 4 heteroatoms. The largest absolute Gasteiger partial charge is 0.381 e. The lowest BCUT2D eigenvalue weighted by Gasteiger charge is -2.13. The first-order chi connectivity index (χ1) is 14.4. The number of thioether (sulfide) groups is 1. The van der Waals surface area contributed by atoms with Gasteiger partial charge in [-0.15, -0.1) is 35.7 Å². The van der Waals surface area contributed by atoms with Gasteiger partial charge in [0.2, 0.25) is 0 Å². The molecule has 0 aromatic heterocycles. The molecule has 0 N–H and O–H groups in total. The van der Waals surface area contributed by atoms with Crippen LogP contribution < -0.4 is 0 Å². The van der Waals surface area contributed by atoms with E-state index in [1.807, 2.05) is 11.8 Å². The zero-order valence-corrected chi connectivity index (χ0v) is 23.2. The van der Waals surface area contributed by atoms with E-state index in [2.05, 4.69) is 23.4 Å².